The minimum absolute atomic E-state index is 0.382. The second-order valence-corrected chi connectivity index (χ2v) is 9.16. The van der Waals surface area contributed by atoms with E-state index in [4.69, 9.17) is 26.1 Å². The molecule has 198 valence electrons. The van der Waals surface area contributed by atoms with Crippen LogP contribution >= 0.6 is 11.6 Å². The van der Waals surface area contributed by atoms with Gasteiger partial charge in [0.25, 0.3) is 0 Å². The van der Waals surface area contributed by atoms with Crippen LogP contribution in [0.5, 0.6) is 11.5 Å². The third kappa shape index (κ3) is 5.90. The van der Waals surface area contributed by atoms with Gasteiger partial charge < -0.3 is 29.6 Å². The summed E-state index contributed by atoms with van der Waals surface area (Å²) in [4.78, 5) is 23.5. The van der Waals surface area contributed by atoms with E-state index in [1.807, 2.05) is 44.2 Å². The maximum absolute atomic E-state index is 12.3. The van der Waals surface area contributed by atoms with Gasteiger partial charge in [-0.05, 0) is 39.2 Å². The summed E-state index contributed by atoms with van der Waals surface area (Å²) in [5.41, 5.74) is 6.23. The first-order valence-corrected chi connectivity index (χ1v) is 12.5. The summed E-state index contributed by atoms with van der Waals surface area (Å²) in [6.45, 7) is 3.20. The summed E-state index contributed by atoms with van der Waals surface area (Å²) in [6.07, 6.45) is 2.94. The Morgan fingerprint density at radius 1 is 1.16 bits per heavy atom. The predicted octanol–water partition coefficient (Wildman–Crippen LogP) is 5.33. The Hall–Kier alpha value is -4.08. The van der Waals surface area contributed by atoms with E-state index in [1.54, 1.807) is 25.4 Å². The number of para-hydroxylation sites is 1. The highest BCUT2D eigenvalue weighted by atomic mass is 35.5. The number of aromatic nitrogens is 3. The molecule has 0 spiro atoms. The van der Waals surface area contributed by atoms with Crippen LogP contribution in [0.15, 0.2) is 60.3 Å². The molecule has 0 saturated carbocycles. The number of nitrogens with zero attached hydrogens (tertiary/aromatic N) is 4. The summed E-state index contributed by atoms with van der Waals surface area (Å²) < 4.78 is 13.7. The standard InChI is InChI=1S/C28H31ClN6O3/c1-18-27(19-8-6-7-9-23(19)35(18)4)20-11-13-30-28(32-20)33-21-16-22(31-26(36)10-12-29)25(17-24(21)37-5)38-15-14-34(2)3/h6-13,16-17H,14-15H2,1-5H3,(H,31,36)(H,30,32,33)/b12-10+. The number of carbonyl (C=O) groups is 1. The van der Waals surface area contributed by atoms with Gasteiger partial charge in [0.2, 0.25) is 11.9 Å². The molecule has 4 aromatic rings. The zero-order valence-corrected chi connectivity index (χ0v) is 22.8. The topological polar surface area (TPSA) is 93.5 Å². The average molecular weight is 535 g/mol. The van der Waals surface area contributed by atoms with Crippen molar-refractivity contribution in [3.63, 3.8) is 0 Å². The second kappa shape index (κ2) is 12.0. The highest BCUT2D eigenvalue weighted by molar-refractivity contribution is 6.27. The Morgan fingerprint density at radius 2 is 1.95 bits per heavy atom. The average Bonchev–Trinajstić information content (AvgIpc) is 3.15. The number of methoxy groups -OCH3 is 1. The summed E-state index contributed by atoms with van der Waals surface area (Å²) in [7, 11) is 7.52. The number of aryl methyl sites for hydroxylation is 1. The summed E-state index contributed by atoms with van der Waals surface area (Å²) in [6, 6.07) is 13.6. The van der Waals surface area contributed by atoms with Crippen LogP contribution in [0.1, 0.15) is 5.69 Å². The molecule has 2 heterocycles. The number of nitrogens with one attached hydrogen (secondary N) is 2. The van der Waals surface area contributed by atoms with Crippen LogP contribution in [0, 0.1) is 6.92 Å². The van der Waals surface area contributed by atoms with Gasteiger partial charge in [0.15, 0.2) is 0 Å². The van der Waals surface area contributed by atoms with Gasteiger partial charge in [0, 0.05) is 59.6 Å². The number of rotatable bonds is 10. The SMILES string of the molecule is COc1cc(OCCN(C)C)c(NC(=O)/C=C/Cl)cc1Nc1nccc(-c2c(C)n(C)c3ccccc23)n1. The van der Waals surface area contributed by atoms with E-state index in [9.17, 15) is 4.79 Å². The molecule has 0 fully saturated rings. The first kappa shape index (κ1) is 27.0. The molecule has 1 amide bonds. The van der Waals surface area contributed by atoms with E-state index in [-0.39, 0.29) is 0 Å². The first-order valence-electron chi connectivity index (χ1n) is 12.0. The molecule has 2 N–H and O–H groups in total. The lowest BCUT2D eigenvalue weighted by Gasteiger charge is -2.18. The van der Waals surface area contributed by atoms with Gasteiger partial charge in [-0.3, -0.25) is 4.79 Å². The van der Waals surface area contributed by atoms with Gasteiger partial charge in [-0.2, -0.15) is 0 Å². The summed E-state index contributed by atoms with van der Waals surface area (Å²) >= 11 is 5.59. The third-order valence-corrected chi connectivity index (χ3v) is 6.25. The molecule has 0 saturated heterocycles. The van der Waals surface area contributed by atoms with Crippen LogP contribution in [0.2, 0.25) is 0 Å². The molecule has 0 aliphatic carbocycles. The minimum atomic E-state index is -0.391. The number of halogens is 1. The zero-order chi connectivity index (χ0) is 27.2. The van der Waals surface area contributed by atoms with Gasteiger partial charge >= 0.3 is 0 Å². The number of fused-ring (bicyclic) bond motifs is 1. The second-order valence-electron chi connectivity index (χ2n) is 8.91. The fourth-order valence-corrected chi connectivity index (χ4v) is 4.25. The lowest BCUT2D eigenvalue weighted by Crippen LogP contribution is -2.20. The van der Waals surface area contributed by atoms with Crippen LogP contribution in [0.3, 0.4) is 0 Å². The van der Waals surface area contributed by atoms with E-state index in [2.05, 4.69) is 39.2 Å². The molecule has 10 heteroatoms. The number of amides is 1. The maximum atomic E-state index is 12.3. The lowest BCUT2D eigenvalue weighted by molar-refractivity contribution is -0.111. The van der Waals surface area contributed by atoms with Crippen LogP contribution < -0.4 is 20.1 Å². The molecular weight excluding hydrogens is 504 g/mol. The summed E-state index contributed by atoms with van der Waals surface area (Å²) in [5, 5.41) is 7.17. The molecule has 2 aromatic heterocycles. The van der Waals surface area contributed by atoms with E-state index < -0.39 is 5.91 Å². The Balaban J connectivity index is 1.71. The molecule has 0 aliphatic heterocycles. The normalized spacial score (nSPS) is 11.3. The third-order valence-electron chi connectivity index (χ3n) is 6.13. The van der Waals surface area contributed by atoms with E-state index in [1.165, 1.54) is 6.08 Å². The van der Waals surface area contributed by atoms with Crippen molar-refractivity contribution in [2.75, 3.05) is 45.0 Å². The number of carbonyl (C=O) groups excluding carboxylic acids is 1. The highest BCUT2D eigenvalue weighted by Gasteiger charge is 2.17. The Bertz CT molecular complexity index is 1480. The summed E-state index contributed by atoms with van der Waals surface area (Å²) in [5.74, 6) is 0.961. The fraction of sp³-hybridized carbons (Fsp3) is 0.250. The van der Waals surface area contributed by atoms with Crippen LogP contribution in [-0.4, -0.2) is 59.7 Å². The van der Waals surface area contributed by atoms with Crippen molar-refractivity contribution < 1.29 is 14.3 Å². The van der Waals surface area contributed by atoms with Gasteiger partial charge in [0.1, 0.15) is 18.1 Å². The smallest absolute Gasteiger partial charge is 0.249 e. The van der Waals surface area contributed by atoms with Crippen LogP contribution in [0.25, 0.3) is 22.2 Å². The van der Waals surface area contributed by atoms with Crippen LogP contribution in [0.4, 0.5) is 17.3 Å². The Morgan fingerprint density at radius 3 is 2.68 bits per heavy atom. The van der Waals surface area contributed by atoms with Crippen molar-refractivity contribution in [3.05, 3.63) is 66.0 Å². The Kier molecular flexibility index (Phi) is 8.50. The number of ether oxygens (including phenoxy) is 2. The molecule has 0 radical (unpaired) electrons. The van der Waals surface area contributed by atoms with Gasteiger partial charge in [0.05, 0.1) is 24.2 Å². The molecular formula is C28H31ClN6O3. The van der Waals surface area contributed by atoms with Gasteiger partial charge in [-0.1, -0.05) is 29.8 Å². The molecule has 2 aromatic carbocycles. The van der Waals surface area contributed by atoms with Crippen molar-refractivity contribution in [2.45, 2.75) is 6.92 Å². The predicted molar refractivity (Wildman–Crippen MR) is 153 cm³/mol. The van der Waals surface area contributed by atoms with Crippen LogP contribution in [-0.2, 0) is 11.8 Å². The molecule has 0 aliphatic rings. The van der Waals surface area contributed by atoms with Gasteiger partial charge in [-0.15, -0.1) is 0 Å². The quantitative estimate of drug-likeness (QED) is 0.266. The molecule has 38 heavy (non-hydrogen) atoms. The molecule has 0 unspecified atom stereocenters. The first-order chi connectivity index (χ1) is 18.3. The van der Waals surface area contributed by atoms with Gasteiger partial charge in [-0.25, -0.2) is 9.97 Å². The highest BCUT2D eigenvalue weighted by Crippen LogP contribution is 2.38. The molecule has 4 rings (SSSR count). The molecule has 0 bridgehead atoms. The minimum Gasteiger partial charge on any atom is -0.494 e. The van der Waals surface area contributed by atoms with Crippen molar-refractivity contribution in [3.8, 4) is 22.8 Å². The van der Waals surface area contributed by atoms with E-state index in [0.717, 1.165) is 33.4 Å². The number of hydrogen-bond donors (Lipinski definition) is 2. The number of benzene rings is 2. The number of likely N-dealkylation sites (N-methyl/N-ethyl adjacent to an activating group) is 1. The Labute approximate surface area is 227 Å². The largest absolute Gasteiger partial charge is 0.494 e. The number of hydrogen-bond acceptors (Lipinski definition) is 7. The maximum Gasteiger partial charge on any atom is 0.249 e. The van der Waals surface area contributed by atoms with E-state index in [0.29, 0.717) is 42.0 Å². The molecule has 0 atom stereocenters. The van der Waals surface area contributed by atoms with Crippen molar-refractivity contribution in [1.82, 2.24) is 19.4 Å². The fourth-order valence-electron chi connectivity index (χ4n) is 4.14. The zero-order valence-electron chi connectivity index (χ0n) is 22.1. The van der Waals surface area contributed by atoms with Crippen molar-refractivity contribution in [2.24, 2.45) is 7.05 Å². The van der Waals surface area contributed by atoms with Crippen molar-refractivity contribution in [1.29, 1.82) is 0 Å². The lowest BCUT2D eigenvalue weighted by atomic mass is 10.1. The monoisotopic (exact) mass is 534 g/mol. The molecule has 9 nitrogen and oxygen atoms in total. The number of anilines is 3. The van der Waals surface area contributed by atoms with E-state index >= 15 is 0 Å². The van der Waals surface area contributed by atoms with Crippen molar-refractivity contribution >= 4 is 45.7 Å².